The van der Waals surface area contributed by atoms with E-state index in [0.717, 1.165) is 78.4 Å². The summed E-state index contributed by atoms with van der Waals surface area (Å²) < 4.78 is 14.7. The van der Waals surface area contributed by atoms with E-state index in [2.05, 4.69) is 290 Å². The molecule has 11 aromatic carbocycles. The first-order valence-electron chi connectivity index (χ1n) is 26.6. The van der Waals surface area contributed by atoms with Crippen molar-refractivity contribution in [3.05, 3.63) is 313 Å². The van der Waals surface area contributed by atoms with Gasteiger partial charge in [-0.2, -0.15) is 0 Å². The van der Waals surface area contributed by atoms with Gasteiger partial charge < -0.3 is 18.9 Å². The van der Waals surface area contributed by atoms with E-state index >= 15 is 0 Å². The molecule has 4 heteroatoms. The molecule has 0 saturated heterocycles. The monoisotopic (exact) mass is 1010 g/mol. The van der Waals surface area contributed by atoms with E-state index in [0.29, 0.717) is 26.4 Å². The summed E-state index contributed by atoms with van der Waals surface area (Å²) in [5.41, 5.74) is 22.8. The Morgan fingerprint density at radius 2 is 0.628 bits per heavy atom. The van der Waals surface area contributed by atoms with Crippen LogP contribution in [0.15, 0.2) is 280 Å². The summed E-state index contributed by atoms with van der Waals surface area (Å²) in [6.45, 7) is 9.92. The summed E-state index contributed by atoms with van der Waals surface area (Å²) in [5, 5.41) is 2.41. The lowest BCUT2D eigenvalue weighted by Gasteiger charge is -2.26. The highest BCUT2D eigenvalue weighted by atomic mass is 16.5. The predicted molar refractivity (Wildman–Crippen MR) is 327 cm³/mol. The maximum absolute atomic E-state index is 6.25. The zero-order valence-corrected chi connectivity index (χ0v) is 43.5. The number of benzene rings is 11. The molecule has 0 bridgehead atoms. The number of aromatic nitrogens is 1. The summed E-state index contributed by atoms with van der Waals surface area (Å²) in [7, 11) is 0. The van der Waals surface area contributed by atoms with Gasteiger partial charge in [0, 0.05) is 33.5 Å². The molecule has 12 aromatic rings. The van der Waals surface area contributed by atoms with Crippen molar-refractivity contribution in [2.75, 3.05) is 4.90 Å². The quantitative estimate of drug-likeness (QED) is 0.0857. The van der Waals surface area contributed by atoms with Crippen molar-refractivity contribution >= 4 is 51.0 Å². The molecular formula is C74H58N2O2. The predicted octanol–water partition coefficient (Wildman–Crippen LogP) is 19.6. The normalized spacial score (nSPS) is 11.2. The summed E-state index contributed by atoms with van der Waals surface area (Å²) in [6.07, 6.45) is 3.72. The molecule has 0 amide bonds. The van der Waals surface area contributed by atoms with Gasteiger partial charge in [-0.15, -0.1) is 0 Å². The summed E-state index contributed by atoms with van der Waals surface area (Å²) in [6, 6.07) is 95.8. The SMILES string of the molecule is C=Cc1ccc(COCc2ccc(-c3ccc(N(c4ccc(-c5ccccc5)cc4)c4ccc(-c5ccc(-c6ccc7c(c6)c6cc(COCc8ccc(C=C)cc8)ccc6n7-c6ccccc6)cc5)cc4)cc3)cc2)cc1. The van der Waals surface area contributed by atoms with Gasteiger partial charge >= 0.3 is 0 Å². The number of ether oxygens (including phenoxy) is 2. The second-order valence-corrected chi connectivity index (χ2v) is 19.7. The molecule has 1 aromatic heterocycles. The standard InChI is InChI=1S/C74H58N2O2/c1-3-53-15-19-55(20-16-53)49-77-51-57-23-26-60(27-24-57)63-34-41-69(42-35-63)75(68-39-32-62(33-40-68)59-11-7-5-8-12-59)70-43-36-64(37-44-70)61-28-30-65(31-29-61)66-38-46-74-72(48-66)71-47-58(52-78-50-56-21-17-54(4-2)18-22-56)25-45-73(71)76(74)67-13-9-6-10-14-67/h3-48H,1-2,49-52H2. The third kappa shape index (κ3) is 10.8. The van der Waals surface area contributed by atoms with Crippen LogP contribution in [0.1, 0.15) is 33.4 Å². The van der Waals surface area contributed by atoms with E-state index in [-0.39, 0.29) is 0 Å². The topological polar surface area (TPSA) is 26.6 Å². The Morgan fingerprint density at radius 3 is 1.08 bits per heavy atom. The molecule has 0 unspecified atom stereocenters. The Balaban J connectivity index is 0.787. The fourth-order valence-electron chi connectivity index (χ4n) is 10.4. The highest BCUT2D eigenvalue weighted by molar-refractivity contribution is 6.10. The number of nitrogens with zero attached hydrogens (tertiary/aromatic N) is 2. The van der Waals surface area contributed by atoms with Crippen LogP contribution < -0.4 is 4.90 Å². The van der Waals surface area contributed by atoms with Crippen LogP contribution in [-0.2, 0) is 35.9 Å². The Hall–Kier alpha value is -9.58. The highest BCUT2D eigenvalue weighted by Crippen LogP contribution is 2.40. The van der Waals surface area contributed by atoms with Crippen molar-refractivity contribution < 1.29 is 9.47 Å². The van der Waals surface area contributed by atoms with Gasteiger partial charge in [0.25, 0.3) is 0 Å². The van der Waals surface area contributed by atoms with E-state index in [1.54, 1.807) is 0 Å². The Morgan fingerprint density at radius 1 is 0.308 bits per heavy atom. The first-order chi connectivity index (χ1) is 38.5. The summed E-state index contributed by atoms with van der Waals surface area (Å²) in [4.78, 5) is 2.33. The lowest BCUT2D eigenvalue weighted by Crippen LogP contribution is -2.09. The Labute approximate surface area is 457 Å². The van der Waals surface area contributed by atoms with Gasteiger partial charge in [-0.05, 0) is 151 Å². The maximum atomic E-state index is 6.25. The van der Waals surface area contributed by atoms with Gasteiger partial charge in [0.2, 0.25) is 0 Å². The van der Waals surface area contributed by atoms with Crippen LogP contribution in [0.5, 0.6) is 0 Å². The molecule has 12 rings (SSSR count). The molecule has 0 aliphatic heterocycles. The molecule has 0 aliphatic rings. The third-order valence-corrected chi connectivity index (χ3v) is 14.7. The molecule has 0 fully saturated rings. The smallest absolute Gasteiger partial charge is 0.0721 e. The van der Waals surface area contributed by atoms with Crippen molar-refractivity contribution in [2.24, 2.45) is 0 Å². The minimum atomic E-state index is 0.522. The molecule has 0 aliphatic carbocycles. The molecule has 4 nitrogen and oxygen atoms in total. The van der Waals surface area contributed by atoms with Crippen molar-refractivity contribution in [3.8, 4) is 50.2 Å². The minimum absolute atomic E-state index is 0.522. The average molecular weight is 1010 g/mol. The minimum Gasteiger partial charge on any atom is -0.372 e. The molecule has 0 N–H and O–H groups in total. The van der Waals surface area contributed by atoms with E-state index in [1.807, 2.05) is 12.2 Å². The van der Waals surface area contributed by atoms with Crippen LogP contribution in [0.2, 0.25) is 0 Å². The number of para-hydroxylation sites is 1. The van der Waals surface area contributed by atoms with Crippen LogP contribution >= 0.6 is 0 Å². The van der Waals surface area contributed by atoms with Crippen LogP contribution in [0, 0.1) is 0 Å². The van der Waals surface area contributed by atoms with E-state index < -0.39 is 0 Å². The fourth-order valence-corrected chi connectivity index (χ4v) is 10.4. The largest absolute Gasteiger partial charge is 0.372 e. The number of fused-ring (bicyclic) bond motifs is 3. The first-order valence-corrected chi connectivity index (χ1v) is 26.6. The van der Waals surface area contributed by atoms with Crippen LogP contribution in [0.4, 0.5) is 17.1 Å². The van der Waals surface area contributed by atoms with Crippen molar-refractivity contribution in [1.29, 1.82) is 0 Å². The van der Waals surface area contributed by atoms with Gasteiger partial charge in [-0.25, -0.2) is 0 Å². The molecular weight excluding hydrogens is 949 g/mol. The van der Waals surface area contributed by atoms with Crippen molar-refractivity contribution in [2.45, 2.75) is 26.4 Å². The van der Waals surface area contributed by atoms with Crippen molar-refractivity contribution in [3.63, 3.8) is 0 Å². The molecule has 376 valence electrons. The second-order valence-electron chi connectivity index (χ2n) is 19.7. The maximum Gasteiger partial charge on any atom is 0.0721 e. The number of hydrogen-bond acceptors (Lipinski definition) is 3. The average Bonchev–Trinajstić information content (AvgIpc) is 4.07. The van der Waals surface area contributed by atoms with E-state index in [4.69, 9.17) is 9.47 Å². The highest BCUT2D eigenvalue weighted by Gasteiger charge is 2.17. The number of hydrogen-bond donors (Lipinski definition) is 0. The van der Waals surface area contributed by atoms with Crippen LogP contribution in [-0.4, -0.2) is 4.57 Å². The molecule has 0 atom stereocenters. The number of rotatable bonds is 18. The van der Waals surface area contributed by atoms with E-state index in [9.17, 15) is 0 Å². The van der Waals surface area contributed by atoms with E-state index in [1.165, 1.54) is 44.1 Å². The first kappa shape index (κ1) is 49.3. The zero-order chi connectivity index (χ0) is 52.6. The van der Waals surface area contributed by atoms with Gasteiger partial charge in [0.15, 0.2) is 0 Å². The van der Waals surface area contributed by atoms with Crippen LogP contribution in [0.25, 0.3) is 84.2 Å². The third-order valence-electron chi connectivity index (χ3n) is 14.7. The number of anilines is 3. The van der Waals surface area contributed by atoms with Gasteiger partial charge in [0.05, 0.1) is 37.5 Å². The Kier molecular flexibility index (Phi) is 14.4. The zero-order valence-electron chi connectivity index (χ0n) is 43.5. The second kappa shape index (κ2) is 22.7. The van der Waals surface area contributed by atoms with Crippen LogP contribution in [0.3, 0.4) is 0 Å². The molecule has 0 radical (unpaired) electrons. The molecule has 0 spiro atoms. The molecule has 78 heavy (non-hydrogen) atoms. The molecule has 0 saturated carbocycles. The van der Waals surface area contributed by atoms with Gasteiger partial charge in [-0.1, -0.05) is 219 Å². The summed E-state index contributed by atoms with van der Waals surface area (Å²) in [5.74, 6) is 0. The van der Waals surface area contributed by atoms with Gasteiger partial charge in [-0.3, -0.25) is 0 Å². The van der Waals surface area contributed by atoms with Gasteiger partial charge in [0.1, 0.15) is 0 Å². The molecule has 1 heterocycles. The Bertz CT molecular complexity index is 3980. The summed E-state index contributed by atoms with van der Waals surface area (Å²) >= 11 is 0. The van der Waals surface area contributed by atoms with Crippen molar-refractivity contribution in [1.82, 2.24) is 4.57 Å². The fraction of sp³-hybridized carbons (Fsp3) is 0.0541. The lowest BCUT2D eigenvalue weighted by molar-refractivity contribution is 0.107. The lowest BCUT2D eigenvalue weighted by atomic mass is 9.98.